The van der Waals surface area contributed by atoms with Gasteiger partial charge < -0.3 is 10.2 Å². The highest BCUT2D eigenvalue weighted by Crippen LogP contribution is 2.33. The predicted octanol–water partition coefficient (Wildman–Crippen LogP) is 2.21. The summed E-state index contributed by atoms with van der Waals surface area (Å²) in [6.07, 6.45) is 4.11. The number of nitrogens with zero attached hydrogens (tertiary/aromatic N) is 3. The molecule has 0 bridgehead atoms. The number of halogens is 1. The van der Waals surface area contributed by atoms with Gasteiger partial charge in [-0.3, -0.25) is 14.2 Å². The fourth-order valence-corrected chi connectivity index (χ4v) is 5.94. The third-order valence-corrected chi connectivity index (χ3v) is 7.46. The number of hydrogen-bond acceptors (Lipinski definition) is 5. The lowest BCUT2D eigenvalue weighted by Crippen LogP contribution is -2.31. The zero-order chi connectivity index (χ0) is 17.8. The van der Waals surface area contributed by atoms with Crippen LogP contribution in [0.2, 0.25) is 0 Å². The van der Waals surface area contributed by atoms with E-state index in [1.54, 1.807) is 0 Å². The van der Waals surface area contributed by atoms with Crippen LogP contribution in [0.5, 0.6) is 0 Å². The molecule has 1 amide bonds. The summed E-state index contributed by atoms with van der Waals surface area (Å²) in [5, 5.41) is 4.07. The smallest absolute Gasteiger partial charge is 0.264 e. The first-order chi connectivity index (χ1) is 12.6. The van der Waals surface area contributed by atoms with E-state index in [-0.39, 0.29) is 23.9 Å². The summed E-state index contributed by atoms with van der Waals surface area (Å²) in [5.74, 6) is 2.13. The van der Waals surface area contributed by atoms with Crippen molar-refractivity contribution in [3.63, 3.8) is 0 Å². The lowest BCUT2D eigenvalue weighted by Gasteiger charge is -2.17. The topological polar surface area (TPSA) is 67.2 Å². The monoisotopic (exact) mass is 408 g/mol. The molecule has 2 aromatic heterocycles. The number of rotatable bonds is 1. The summed E-state index contributed by atoms with van der Waals surface area (Å²) in [6.45, 7) is 6.33. The quantitative estimate of drug-likeness (QED) is 0.785. The lowest BCUT2D eigenvalue weighted by molar-refractivity contribution is 0.0786. The standard InChI is InChI=1S/C19H24N4O2S.ClH/c1-11-15-17(21-14-5-3-2-4-6-23(14)18(15)24)26-16(11)19(25)22-9-12-7-20-8-13(12)10-22;/h12-13,20H,2-10H2,1H3;1H/t12-,13+;. The largest absolute Gasteiger partial charge is 0.337 e. The Morgan fingerprint density at radius 3 is 2.67 bits per heavy atom. The molecule has 1 N–H and O–H groups in total. The van der Waals surface area contributed by atoms with E-state index in [9.17, 15) is 9.59 Å². The van der Waals surface area contributed by atoms with Crippen molar-refractivity contribution in [2.24, 2.45) is 11.8 Å². The second-order valence-corrected chi connectivity index (χ2v) is 8.92. The van der Waals surface area contributed by atoms with Crippen LogP contribution < -0.4 is 10.9 Å². The molecule has 0 aliphatic carbocycles. The maximum absolute atomic E-state index is 13.1. The van der Waals surface area contributed by atoms with Crippen molar-refractivity contribution in [3.8, 4) is 0 Å². The average Bonchev–Trinajstić information content (AvgIpc) is 3.24. The zero-order valence-corrected chi connectivity index (χ0v) is 17.1. The van der Waals surface area contributed by atoms with E-state index in [1.807, 2.05) is 16.4 Å². The number of carbonyl (C=O) groups excluding carboxylic acids is 1. The van der Waals surface area contributed by atoms with Gasteiger partial charge in [0.2, 0.25) is 0 Å². The van der Waals surface area contributed by atoms with Gasteiger partial charge in [-0.1, -0.05) is 6.42 Å². The van der Waals surface area contributed by atoms with Crippen molar-refractivity contribution >= 4 is 39.9 Å². The van der Waals surface area contributed by atoms with Crippen LogP contribution >= 0.6 is 23.7 Å². The summed E-state index contributed by atoms with van der Waals surface area (Å²) < 4.78 is 1.84. The van der Waals surface area contributed by atoms with E-state index in [1.165, 1.54) is 11.3 Å². The Labute approximate surface area is 168 Å². The molecule has 2 fully saturated rings. The number of carbonyl (C=O) groups is 1. The number of aromatic nitrogens is 2. The molecule has 0 spiro atoms. The molecule has 0 aromatic carbocycles. The van der Waals surface area contributed by atoms with E-state index in [4.69, 9.17) is 4.98 Å². The Hall–Kier alpha value is -1.44. The predicted molar refractivity (Wildman–Crippen MR) is 109 cm³/mol. The molecule has 5 rings (SSSR count). The van der Waals surface area contributed by atoms with Gasteiger partial charge in [-0.15, -0.1) is 23.7 Å². The molecule has 5 heterocycles. The van der Waals surface area contributed by atoms with Crippen LogP contribution in [0.15, 0.2) is 4.79 Å². The Bertz CT molecular complexity index is 941. The number of likely N-dealkylation sites (tertiary alicyclic amines) is 1. The molecule has 0 unspecified atom stereocenters. The SMILES string of the molecule is Cc1c(C(=O)N2C[C@H]3CNC[C@H]3C2)sc2nc3n(c(=O)c12)CCCCC3.Cl. The maximum atomic E-state index is 13.1. The van der Waals surface area contributed by atoms with Gasteiger partial charge >= 0.3 is 0 Å². The molecule has 2 atom stereocenters. The highest BCUT2D eigenvalue weighted by molar-refractivity contribution is 7.20. The molecule has 6 nitrogen and oxygen atoms in total. The average molecular weight is 409 g/mol. The van der Waals surface area contributed by atoms with E-state index >= 15 is 0 Å². The molecule has 3 aliphatic rings. The van der Waals surface area contributed by atoms with Crippen LogP contribution in [0.25, 0.3) is 10.2 Å². The van der Waals surface area contributed by atoms with Crippen molar-refractivity contribution < 1.29 is 4.79 Å². The first-order valence-electron chi connectivity index (χ1n) is 9.66. The molecule has 2 saturated heterocycles. The minimum absolute atomic E-state index is 0. The molecule has 0 saturated carbocycles. The highest BCUT2D eigenvalue weighted by atomic mass is 35.5. The highest BCUT2D eigenvalue weighted by Gasteiger charge is 2.39. The van der Waals surface area contributed by atoms with Crippen LogP contribution in [-0.4, -0.2) is 46.5 Å². The lowest BCUT2D eigenvalue weighted by atomic mass is 10.0. The van der Waals surface area contributed by atoms with Crippen molar-refractivity contribution in [3.05, 3.63) is 26.6 Å². The number of thiophene rings is 1. The fourth-order valence-electron chi connectivity index (χ4n) is 4.78. The molecular formula is C19H25ClN4O2S. The Morgan fingerprint density at radius 2 is 1.93 bits per heavy atom. The minimum atomic E-state index is 0. The third kappa shape index (κ3) is 3.00. The Balaban J connectivity index is 0.00000180. The molecule has 27 heavy (non-hydrogen) atoms. The number of nitrogens with one attached hydrogen (secondary N) is 1. The molecule has 8 heteroatoms. The summed E-state index contributed by atoms with van der Waals surface area (Å²) in [6, 6.07) is 0. The van der Waals surface area contributed by atoms with E-state index in [0.29, 0.717) is 22.1 Å². The van der Waals surface area contributed by atoms with Gasteiger partial charge in [-0.05, 0) is 37.2 Å². The first kappa shape index (κ1) is 18.9. The fraction of sp³-hybridized carbons (Fsp3) is 0.632. The van der Waals surface area contributed by atoms with Crippen LogP contribution in [0.1, 0.15) is 40.3 Å². The van der Waals surface area contributed by atoms with Gasteiger partial charge in [-0.25, -0.2) is 4.98 Å². The zero-order valence-electron chi connectivity index (χ0n) is 15.5. The molecular weight excluding hydrogens is 384 g/mol. The summed E-state index contributed by atoms with van der Waals surface area (Å²) in [5.41, 5.74) is 0.865. The van der Waals surface area contributed by atoms with Crippen LogP contribution in [-0.2, 0) is 13.0 Å². The number of fused-ring (bicyclic) bond motifs is 3. The third-order valence-electron chi connectivity index (χ3n) is 6.28. The van der Waals surface area contributed by atoms with Crippen molar-refractivity contribution in [1.82, 2.24) is 19.8 Å². The maximum Gasteiger partial charge on any atom is 0.264 e. The molecule has 2 aromatic rings. The van der Waals surface area contributed by atoms with Gasteiger partial charge in [-0.2, -0.15) is 0 Å². The van der Waals surface area contributed by atoms with Gasteiger partial charge in [0.15, 0.2) is 0 Å². The van der Waals surface area contributed by atoms with Crippen LogP contribution in [0.3, 0.4) is 0 Å². The second-order valence-electron chi connectivity index (χ2n) is 7.92. The minimum Gasteiger partial charge on any atom is -0.337 e. The van der Waals surface area contributed by atoms with Gasteiger partial charge in [0, 0.05) is 39.1 Å². The van der Waals surface area contributed by atoms with Crippen molar-refractivity contribution in [1.29, 1.82) is 0 Å². The van der Waals surface area contributed by atoms with E-state index in [0.717, 1.165) is 74.6 Å². The number of hydrogen-bond donors (Lipinski definition) is 1. The van der Waals surface area contributed by atoms with E-state index < -0.39 is 0 Å². The number of aryl methyl sites for hydroxylation is 2. The summed E-state index contributed by atoms with van der Waals surface area (Å²) >= 11 is 1.41. The molecule has 0 radical (unpaired) electrons. The second kappa shape index (κ2) is 7.18. The molecule has 3 aliphatic heterocycles. The van der Waals surface area contributed by atoms with Gasteiger partial charge in [0.05, 0.1) is 10.3 Å². The molecule has 146 valence electrons. The summed E-state index contributed by atoms with van der Waals surface area (Å²) in [4.78, 5) is 34.4. The van der Waals surface area contributed by atoms with Crippen molar-refractivity contribution in [2.75, 3.05) is 26.2 Å². The normalized spacial score (nSPS) is 24.4. The first-order valence-corrected chi connectivity index (χ1v) is 10.5. The number of amides is 1. The van der Waals surface area contributed by atoms with Gasteiger partial charge in [0.25, 0.3) is 11.5 Å². The Morgan fingerprint density at radius 1 is 1.19 bits per heavy atom. The van der Waals surface area contributed by atoms with Crippen LogP contribution in [0, 0.1) is 18.8 Å². The van der Waals surface area contributed by atoms with E-state index in [2.05, 4.69) is 5.32 Å². The van der Waals surface area contributed by atoms with Crippen molar-refractivity contribution in [2.45, 2.75) is 39.2 Å². The summed E-state index contributed by atoms with van der Waals surface area (Å²) in [7, 11) is 0. The van der Waals surface area contributed by atoms with Crippen LogP contribution in [0.4, 0.5) is 0 Å². The Kier molecular flexibility index (Phi) is 5.03. The van der Waals surface area contributed by atoms with Gasteiger partial charge in [0.1, 0.15) is 10.7 Å².